The van der Waals surface area contributed by atoms with Crippen molar-refractivity contribution in [3.05, 3.63) is 52.5 Å². The van der Waals surface area contributed by atoms with Crippen molar-refractivity contribution in [2.75, 3.05) is 14.2 Å². The molecule has 0 bridgehead atoms. The first kappa shape index (κ1) is 14.4. The second kappa shape index (κ2) is 6.44. The van der Waals surface area contributed by atoms with E-state index >= 15 is 0 Å². The molecule has 104 valence electrons. The average Bonchev–Trinajstić information content (AvgIpc) is 2.47. The first-order valence-corrected chi connectivity index (χ1v) is 6.54. The summed E-state index contributed by atoms with van der Waals surface area (Å²) in [4.78, 5) is 4.43. The van der Waals surface area contributed by atoms with E-state index in [2.05, 4.69) is 4.99 Å². The summed E-state index contributed by atoms with van der Waals surface area (Å²) in [6.07, 6.45) is 1.81. The topological polar surface area (TPSA) is 30.8 Å². The lowest BCUT2D eigenvalue weighted by Gasteiger charge is -2.10. The van der Waals surface area contributed by atoms with Crippen molar-refractivity contribution in [3.8, 4) is 11.5 Å². The lowest BCUT2D eigenvalue weighted by atomic mass is 10.1. The first-order valence-electron chi connectivity index (χ1n) is 6.16. The molecule has 0 amide bonds. The van der Waals surface area contributed by atoms with E-state index in [0.29, 0.717) is 16.5 Å². The third-order valence-corrected chi connectivity index (χ3v) is 3.20. The molecule has 2 aromatic rings. The van der Waals surface area contributed by atoms with Gasteiger partial charge in [-0.1, -0.05) is 11.6 Å². The van der Waals surface area contributed by atoms with Gasteiger partial charge in [0.2, 0.25) is 0 Å². The normalized spacial score (nSPS) is 10.8. The van der Waals surface area contributed by atoms with E-state index in [9.17, 15) is 0 Å². The fourth-order valence-corrected chi connectivity index (χ4v) is 1.93. The van der Waals surface area contributed by atoms with E-state index in [1.54, 1.807) is 20.4 Å². The average molecular weight is 290 g/mol. The van der Waals surface area contributed by atoms with E-state index in [0.717, 1.165) is 16.8 Å². The molecule has 20 heavy (non-hydrogen) atoms. The van der Waals surface area contributed by atoms with Crippen LogP contribution in [0.2, 0.25) is 5.02 Å². The molecule has 0 saturated heterocycles. The van der Waals surface area contributed by atoms with Crippen molar-refractivity contribution in [1.29, 1.82) is 0 Å². The van der Waals surface area contributed by atoms with Crippen molar-refractivity contribution in [3.63, 3.8) is 0 Å². The Balaban J connectivity index is 2.31. The lowest BCUT2D eigenvalue weighted by molar-refractivity contribution is 0.354. The zero-order valence-corrected chi connectivity index (χ0v) is 12.4. The van der Waals surface area contributed by atoms with Crippen LogP contribution in [0, 0.1) is 6.92 Å². The maximum absolute atomic E-state index is 5.84. The molecule has 0 heterocycles. The summed E-state index contributed by atoms with van der Waals surface area (Å²) < 4.78 is 10.6. The monoisotopic (exact) mass is 289 g/mol. The number of benzene rings is 2. The molecular weight excluding hydrogens is 274 g/mol. The molecule has 2 rings (SSSR count). The lowest BCUT2D eigenvalue weighted by Crippen LogP contribution is -1.95. The summed E-state index contributed by atoms with van der Waals surface area (Å²) in [6, 6.07) is 11.2. The third kappa shape index (κ3) is 3.31. The minimum Gasteiger partial charge on any atom is -0.493 e. The van der Waals surface area contributed by atoms with Crippen molar-refractivity contribution in [1.82, 2.24) is 0 Å². The summed E-state index contributed by atoms with van der Waals surface area (Å²) in [5.74, 6) is 1.41. The van der Waals surface area contributed by atoms with E-state index in [-0.39, 0.29) is 0 Å². The molecule has 0 atom stereocenters. The molecule has 0 aliphatic heterocycles. The third-order valence-electron chi connectivity index (χ3n) is 2.95. The van der Waals surface area contributed by atoms with Gasteiger partial charge in [-0.2, -0.15) is 0 Å². The predicted molar refractivity (Wildman–Crippen MR) is 83.0 cm³/mol. The summed E-state index contributed by atoms with van der Waals surface area (Å²) in [5, 5.41) is 0.700. The Morgan fingerprint density at radius 3 is 2.20 bits per heavy atom. The van der Waals surface area contributed by atoms with Gasteiger partial charge in [-0.25, -0.2) is 0 Å². The summed E-state index contributed by atoms with van der Waals surface area (Å²) in [5.41, 5.74) is 2.90. The van der Waals surface area contributed by atoms with Gasteiger partial charge >= 0.3 is 0 Å². The van der Waals surface area contributed by atoms with E-state index in [4.69, 9.17) is 21.1 Å². The Kier molecular flexibility index (Phi) is 4.64. The molecule has 0 aliphatic carbocycles. The van der Waals surface area contributed by atoms with Crippen LogP contribution in [0.3, 0.4) is 0 Å². The molecule has 2 aromatic carbocycles. The quantitative estimate of drug-likeness (QED) is 0.780. The highest BCUT2D eigenvalue weighted by Gasteiger charge is 2.06. The van der Waals surface area contributed by atoms with Gasteiger partial charge < -0.3 is 9.47 Å². The van der Waals surface area contributed by atoms with Crippen LogP contribution in [-0.4, -0.2) is 20.4 Å². The molecule has 0 spiro atoms. The Bertz CT molecular complexity index is 621. The number of methoxy groups -OCH3 is 2. The highest BCUT2D eigenvalue weighted by Crippen LogP contribution is 2.29. The summed E-state index contributed by atoms with van der Waals surface area (Å²) >= 11 is 5.84. The van der Waals surface area contributed by atoms with E-state index in [1.165, 1.54) is 0 Å². The van der Waals surface area contributed by atoms with Gasteiger partial charge in [-0.05, 0) is 54.4 Å². The number of halogens is 1. The Morgan fingerprint density at radius 1 is 1.00 bits per heavy atom. The second-order valence-corrected chi connectivity index (χ2v) is 4.73. The van der Waals surface area contributed by atoms with Crippen molar-refractivity contribution in [2.24, 2.45) is 4.99 Å². The van der Waals surface area contributed by atoms with Crippen molar-refractivity contribution >= 4 is 23.5 Å². The van der Waals surface area contributed by atoms with Gasteiger partial charge in [0, 0.05) is 11.2 Å². The Labute approximate surface area is 123 Å². The number of ether oxygens (including phenoxy) is 2. The Hall–Kier alpha value is -2.00. The van der Waals surface area contributed by atoms with Crippen molar-refractivity contribution < 1.29 is 9.47 Å². The van der Waals surface area contributed by atoms with Gasteiger partial charge in [-0.15, -0.1) is 0 Å². The van der Waals surface area contributed by atoms with Gasteiger partial charge in [0.1, 0.15) is 0 Å². The van der Waals surface area contributed by atoms with Crippen LogP contribution in [0.4, 0.5) is 5.69 Å². The minimum absolute atomic E-state index is 0.690. The second-order valence-electron chi connectivity index (χ2n) is 4.30. The fourth-order valence-electron chi connectivity index (χ4n) is 1.81. The Morgan fingerprint density at radius 2 is 1.60 bits per heavy atom. The molecule has 0 fully saturated rings. The summed E-state index contributed by atoms with van der Waals surface area (Å²) in [7, 11) is 3.24. The van der Waals surface area contributed by atoms with Crippen LogP contribution in [0.1, 0.15) is 11.1 Å². The molecule has 0 radical (unpaired) electrons. The summed E-state index contributed by atoms with van der Waals surface area (Å²) in [6.45, 7) is 2.01. The van der Waals surface area contributed by atoms with Gasteiger partial charge in [0.15, 0.2) is 11.5 Å². The van der Waals surface area contributed by atoms with Gasteiger partial charge in [-0.3, -0.25) is 4.99 Å². The molecule has 0 N–H and O–H groups in total. The first-order chi connectivity index (χ1) is 9.63. The van der Waals surface area contributed by atoms with Crippen LogP contribution in [0.5, 0.6) is 11.5 Å². The van der Waals surface area contributed by atoms with Gasteiger partial charge in [0.25, 0.3) is 0 Å². The zero-order valence-electron chi connectivity index (χ0n) is 11.7. The fraction of sp³-hybridized carbons (Fsp3) is 0.188. The molecule has 3 nitrogen and oxygen atoms in total. The molecule has 4 heteroatoms. The largest absolute Gasteiger partial charge is 0.493 e. The predicted octanol–water partition coefficient (Wildman–Crippen LogP) is 4.42. The molecule has 0 unspecified atom stereocenters. The number of hydrogen-bond acceptors (Lipinski definition) is 3. The molecular formula is C16H16ClNO2. The zero-order chi connectivity index (χ0) is 14.5. The standard InChI is InChI=1S/C16H16ClNO2/c1-11-8-15(19-2)16(20-3)9-12(11)10-18-14-6-4-13(17)5-7-14/h4-10H,1-3H3. The van der Waals surface area contributed by atoms with Crippen LogP contribution < -0.4 is 9.47 Å². The highest BCUT2D eigenvalue weighted by molar-refractivity contribution is 6.30. The smallest absolute Gasteiger partial charge is 0.161 e. The highest BCUT2D eigenvalue weighted by atomic mass is 35.5. The number of hydrogen-bond donors (Lipinski definition) is 0. The van der Waals surface area contributed by atoms with Crippen LogP contribution in [0.25, 0.3) is 0 Å². The van der Waals surface area contributed by atoms with Crippen molar-refractivity contribution in [2.45, 2.75) is 6.92 Å². The molecule has 0 aliphatic rings. The van der Waals surface area contributed by atoms with Gasteiger partial charge in [0.05, 0.1) is 19.9 Å². The number of aliphatic imine (C=N–C) groups is 1. The number of rotatable bonds is 4. The molecule has 0 aromatic heterocycles. The van der Waals surface area contributed by atoms with Crippen LogP contribution >= 0.6 is 11.6 Å². The number of nitrogens with zero attached hydrogens (tertiary/aromatic N) is 1. The SMILES string of the molecule is COc1cc(C)c(C=Nc2ccc(Cl)cc2)cc1OC. The minimum atomic E-state index is 0.690. The number of aryl methyl sites for hydroxylation is 1. The maximum Gasteiger partial charge on any atom is 0.161 e. The van der Waals surface area contributed by atoms with Crippen LogP contribution in [0.15, 0.2) is 41.4 Å². The maximum atomic E-state index is 5.84. The van der Waals surface area contributed by atoms with Crippen LogP contribution in [-0.2, 0) is 0 Å². The van der Waals surface area contributed by atoms with E-state index < -0.39 is 0 Å². The van der Waals surface area contributed by atoms with E-state index in [1.807, 2.05) is 43.3 Å². The molecule has 0 saturated carbocycles.